The molecule has 0 fully saturated rings. The van der Waals surface area contributed by atoms with E-state index in [1.54, 1.807) is 4.68 Å². The van der Waals surface area contributed by atoms with E-state index < -0.39 is 0 Å². The summed E-state index contributed by atoms with van der Waals surface area (Å²) in [4.78, 5) is 0. The summed E-state index contributed by atoms with van der Waals surface area (Å²) in [5, 5.41) is 4.40. The fourth-order valence-electron chi connectivity index (χ4n) is 1.96. The van der Waals surface area contributed by atoms with Crippen LogP contribution in [0.3, 0.4) is 0 Å². The molecule has 0 spiro atoms. The smallest absolute Gasteiger partial charge is 0 e. The summed E-state index contributed by atoms with van der Waals surface area (Å²) in [6.07, 6.45) is 3.87. The quantitative estimate of drug-likeness (QED) is 0.422. The molecule has 0 aliphatic carbocycles. The molecule has 1 aliphatic rings. The molecule has 8 nitrogen and oxygen atoms in total. The van der Waals surface area contributed by atoms with Crippen molar-refractivity contribution >= 4 is 5.76 Å². The van der Waals surface area contributed by atoms with Gasteiger partial charge in [-0.25, -0.2) is 4.68 Å². The number of aromatic nitrogens is 2. The van der Waals surface area contributed by atoms with Gasteiger partial charge in [0.2, 0.25) is 5.88 Å². The van der Waals surface area contributed by atoms with Crippen molar-refractivity contribution in [2.24, 2.45) is 0 Å². The zero-order valence-electron chi connectivity index (χ0n) is 15.2. The van der Waals surface area contributed by atoms with Crippen LogP contribution in [-0.2, 0) is 50.7 Å². The molecule has 0 saturated heterocycles. The largest absolute Gasteiger partial charge is 0 e. The van der Waals surface area contributed by atoms with Gasteiger partial charge in [0.05, 0.1) is 5.69 Å². The fraction of sp³-hybridized carbons (Fsp3) is 0.150. The van der Waals surface area contributed by atoms with E-state index in [4.69, 9.17) is 28.0 Å². The van der Waals surface area contributed by atoms with Crippen molar-refractivity contribution in [2.75, 3.05) is 0 Å². The second kappa shape index (κ2) is 25.4. The first-order chi connectivity index (χ1) is 13.9. The molecule has 0 N–H and O–H groups in total. The van der Waals surface area contributed by atoms with E-state index in [0.717, 1.165) is 35.7 Å². The Hall–Kier alpha value is -2.64. The van der Waals surface area contributed by atoms with Crippen LogP contribution in [-0.4, -0.2) is 9.78 Å². The molecule has 2 heterocycles. The predicted octanol–water partition coefficient (Wildman–Crippen LogP) is 2.97. The third kappa shape index (κ3) is 12.4. The van der Waals surface area contributed by atoms with Crippen molar-refractivity contribution in [1.29, 1.82) is 0 Å². The van der Waals surface area contributed by atoms with Gasteiger partial charge in [-0.05, 0) is 12.5 Å². The van der Waals surface area contributed by atoms with Gasteiger partial charge in [-0.1, -0.05) is 43.7 Å². The molecular weight excluding hydrogens is 548 g/mol. The second-order valence-electron chi connectivity index (χ2n) is 4.24. The van der Waals surface area contributed by atoms with Crippen LogP contribution in [0.15, 0.2) is 42.5 Å². The normalized spacial score (nSPS) is 8.86. The van der Waals surface area contributed by atoms with E-state index in [9.17, 15) is 0 Å². The van der Waals surface area contributed by atoms with Crippen LogP contribution in [0.25, 0.3) is 5.76 Å². The van der Waals surface area contributed by atoms with E-state index in [0.29, 0.717) is 0 Å². The summed E-state index contributed by atoms with van der Waals surface area (Å²) in [7, 11) is 0. The van der Waals surface area contributed by atoms with E-state index in [-0.39, 0.29) is 21.1 Å². The third-order valence-corrected chi connectivity index (χ3v) is 2.82. The first-order valence-electron chi connectivity index (χ1n) is 7.18. The Bertz CT molecular complexity index is 754. The van der Waals surface area contributed by atoms with Gasteiger partial charge >= 0.3 is 56.5 Å². The average molecular weight is 562 g/mol. The minimum Gasteiger partial charge on any atom is 0 e. The summed E-state index contributed by atoms with van der Waals surface area (Å²) in [5.41, 5.74) is 2.09. The van der Waals surface area contributed by atoms with Crippen LogP contribution in [0, 0.1) is 39.8 Å². The van der Waals surface area contributed by atoms with Gasteiger partial charge in [-0.3, -0.25) is 0 Å². The molecular formula is C20H14N2O6W. The van der Waals surface area contributed by atoms with Crippen molar-refractivity contribution in [2.45, 2.75) is 19.8 Å². The van der Waals surface area contributed by atoms with Crippen molar-refractivity contribution < 1.29 is 49.1 Å². The SMILES string of the molecule is CCCc1cc2n(n1)[C]C=C(c1ccccc1)O2.[C-]#[O+].[C-]#[O+].[C-]#[O+].[C-]#[O+].[C-]#[O+].[W]. The molecule has 1 aromatic heterocycles. The Morgan fingerprint density at radius 3 is 1.93 bits per heavy atom. The molecule has 1 aromatic carbocycles. The number of rotatable bonds is 3. The summed E-state index contributed by atoms with van der Waals surface area (Å²) in [5.74, 6) is 1.55. The number of hydrogen-bond donors (Lipinski definition) is 0. The molecule has 0 bridgehead atoms. The second-order valence-corrected chi connectivity index (χ2v) is 4.24. The predicted molar refractivity (Wildman–Crippen MR) is 89.6 cm³/mol. The number of nitrogens with zero attached hydrogens (tertiary/aromatic N) is 2. The topological polar surface area (TPSA) is 127 Å². The molecule has 0 unspecified atom stereocenters. The Labute approximate surface area is 183 Å². The summed E-state index contributed by atoms with van der Waals surface area (Å²) in [6.45, 7) is 27.7. The third-order valence-electron chi connectivity index (χ3n) is 2.82. The molecule has 1 aliphatic heterocycles. The zero-order valence-corrected chi connectivity index (χ0v) is 18.1. The number of benzene rings is 1. The Morgan fingerprint density at radius 2 is 1.45 bits per heavy atom. The van der Waals surface area contributed by atoms with E-state index >= 15 is 0 Å². The van der Waals surface area contributed by atoms with Gasteiger partial charge in [0.25, 0.3) is 0 Å². The summed E-state index contributed by atoms with van der Waals surface area (Å²) < 4.78 is 45.0. The number of ether oxygens (including phenoxy) is 1. The van der Waals surface area contributed by atoms with Crippen LogP contribution in [0.4, 0.5) is 0 Å². The number of allylic oxidation sites excluding steroid dienone is 1. The van der Waals surface area contributed by atoms with Gasteiger partial charge in [-0.15, -0.1) is 0 Å². The summed E-state index contributed by atoms with van der Waals surface area (Å²) >= 11 is 0. The van der Waals surface area contributed by atoms with E-state index in [2.05, 4.69) is 51.8 Å². The van der Waals surface area contributed by atoms with Crippen LogP contribution < -0.4 is 4.74 Å². The number of hydrogen-bond acceptors (Lipinski definition) is 2. The summed E-state index contributed by atoms with van der Waals surface area (Å²) in [6, 6.07) is 12.0. The van der Waals surface area contributed by atoms with Gasteiger partial charge in [0, 0.05) is 32.7 Å². The van der Waals surface area contributed by atoms with Crippen LogP contribution in [0.1, 0.15) is 24.6 Å². The van der Waals surface area contributed by atoms with Crippen LogP contribution >= 0.6 is 0 Å². The van der Waals surface area contributed by atoms with Crippen LogP contribution in [0.2, 0.25) is 0 Å². The van der Waals surface area contributed by atoms with Crippen molar-refractivity contribution in [1.82, 2.24) is 9.78 Å². The van der Waals surface area contributed by atoms with E-state index in [1.807, 2.05) is 42.5 Å². The van der Waals surface area contributed by atoms with Gasteiger partial charge in [-0.2, -0.15) is 5.10 Å². The first-order valence-corrected chi connectivity index (χ1v) is 7.18. The minimum atomic E-state index is 0. The maximum absolute atomic E-state index is 7.50. The number of aryl methyl sites for hydroxylation is 1. The van der Waals surface area contributed by atoms with Gasteiger partial charge in [0.1, 0.15) is 5.76 Å². The van der Waals surface area contributed by atoms with Crippen molar-refractivity contribution in [3.05, 3.63) is 93.5 Å². The van der Waals surface area contributed by atoms with Gasteiger partial charge in [0.15, 0.2) is 6.54 Å². The monoisotopic (exact) mass is 562 g/mol. The standard InChI is InChI=1S/C15H14N2O.5CO.W/c1-2-6-13-11-15-17(16-13)10-9-14(18-15)12-7-4-3-5-8-12;5*1-2;/h3-5,7-9,11H,2,6H2,1H3;;;;;;. The van der Waals surface area contributed by atoms with Crippen molar-refractivity contribution in [3.8, 4) is 5.88 Å². The molecule has 0 saturated carbocycles. The molecule has 9 heteroatoms. The average Bonchev–Trinajstić information content (AvgIpc) is 3.23. The number of fused-ring (bicyclic) bond motifs is 1. The first kappa shape index (κ1) is 33.9. The maximum atomic E-state index is 7.50. The maximum Gasteiger partial charge on any atom is 0 e. The Balaban J connectivity index is -0.000000250. The molecule has 29 heavy (non-hydrogen) atoms. The molecule has 146 valence electrons. The molecule has 3 rings (SSSR count). The Morgan fingerprint density at radius 1 is 0.931 bits per heavy atom. The Kier molecular flexibility index (Phi) is 29.6. The molecule has 2 radical (unpaired) electrons. The fourth-order valence-corrected chi connectivity index (χ4v) is 1.96. The van der Waals surface area contributed by atoms with Crippen LogP contribution in [0.5, 0.6) is 5.88 Å². The van der Waals surface area contributed by atoms with Crippen molar-refractivity contribution in [3.63, 3.8) is 0 Å². The zero-order chi connectivity index (χ0) is 22.4. The molecule has 0 atom stereocenters. The van der Waals surface area contributed by atoms with E-state index in [1.165, 1.54) is 0 Å². The van der Waals surface area contributed by atoms with Gasteiger partial charge < -0.3 is 4.74 Å². The molecule has 0 amide bonds. The molecule has 2 aromatic rings. The minimum absolute atomic E-state index is 0.